The summed E-state index contributed by atoms with van der Waals surface area (Å²) in [6.07, 6.45) is 9.23. The van der Waals surface area contributed by atoms with E-state index in [4.69, 9.17) is 24.4 Å². The second-order valence-corrected chi connectivity index (χ2v) is 8.55. The number of amides is 2. The van der Waals surface area contributed by atoms with Crippen LogP contribution < -0.4 is 15.4 Å². The highest BCUT2D eigenvalue weighted by molar-refractivity contribution is 5.77. The van der Waals surface area contributed by atoms with Gasteiger partial charge in [-0.25, -0.2) is 4.79 Å². The molecule has 0 aliphatic heterocycles. The van der Waals surface area contributed by atoms with Crippen LogP contribution in [0.15, 0.2) is 24.3 Å². The van der Waals surface area contributed by atoms with E-state index in [1.54, 1.807) is 12.1 Å². The summed E-state index contributed by atoms with van der Waals surface area (Å²) in [6.45, 7) is 4.00. The van der Waals surface area contributed by atoms with E-state index < -0.39 is 11.9 Å². The fraction of sp³-hybridized carbons (Fsp3) is 0.630. The van der Waals surface area contributed by atoms with Gasteiger partial charge in [-0.3, -0.25) is 14.4 Å². The molecule has 0 spiro atoms. The third kappa shape index (κ3) is 25.9. The van der Waals surface area contributed by atoms with Crippen LogP contribution in [0.2, 0.25) is 0 Å². The molecule has 0 saturated heterocycles. The Morgan fingerprint density at radius 3 is 1.97 bits per heavy atom. The van der Waals surface area contributed by atoms with Gasteiger partial charge in [0.05, 0.1) is 19.8 Å². The van der Waals surface area contributed by atoms with Crippen LogP contribution in [0, 0.1) is 6.92 Å². The van der Waals surface area contributed by atoms with Gasteiger partial charge in [0.1, 0.15) is 12.4 Å². The minimum Gasteiger partial charge on any atom is -0.482 e. The standard InChI is InChI=1S/C18H34N2O6.C9H10O3/c21-16-19-11-12-25-13-14-26-15-17(22)20-10-8-6-4-2-1-3-5-7-9-18(23)24;1-7-2-4-8(5-3-7)12-6-9(10)11/h16H,1-15H2,(H,19,21)(H,20,22)(H,23,24);2-5H,6H2,1H3,(H,10,11). The first kappa shape index (κ1) is 34.8. The summed E-state index contributed by atoms with van der Waals surface area (Å²) in [4.78, 5) is 42.0. The molecule has 11 heteroatoms. The van der Waals surface area contributed by atoms with Crippen molar-refractivity contribution < 1.29 is 43.6 Å². The van der Waals surface area contributed by atoms with Crippen LogP contribution in [0.25, 0.3) is 0 Å². The van der Waals surface area contributed by atoms with Crippen LogP contribution in [0.1, 0.15) is 63.4 Å². The van der Waals surface area contributed by atoms with Crippen molar-refractivity contribution in [2.24, 2.45) is 0 Å². The molecule has 216 valence electrons. The quantitative estimate of drug-likeness (QED) is 0.121. The number of carboxylic acids is 2. The summed E-state index contributed by atoms with van der Waals surface area (Å²) in [5, 5.41) is 22.1. The summed E-state index contributed by atoms with van der Waals surface area (Å²) in [7, 11) is 0. The van der Waals surface area contributed by atoms with Gasteiger partial charge in [0, 0.05) is 19.5 Å². The molecule has 0 heterocycles. The molecule has 0 aliphatic rings. The van der Waals surface area contributed by atoms with Crippen molar-refractivity contribution in [2.75, 3.05) is 46.1 Å². The van der Waals surface area contributed by atoms with Gasteiger partial charge in [-0.15, -0.1) is 0 Å². The lowest BCUT2D eigenvalue weighted by Gasteiger charge is -2.07. The SMILES string of the molecule is Cc1ccc(OCC(=O)O)cc1.O=CNCCOCCOCC(=O)NCCCCCCCCCCC(=O)O. The molecule has 2 amide bonds. The summed E-state index contributed by atoms with van der Waals surface area (Å²) in [6, 6.07) is 7.24. The molecule has 1 aromatic carbocycles. The van der Waals surface area contributed by atoms with Crippen molar-refractivity contribution in [3.05, 3.63) is 29.8 Å². The first-order valence-corrected chi connectivity index (χ1v) is 13.1. The summed E-state index contributed by atoms with van der Waals surface area (Å²) >= 11 is 0. The van der Waals surface area contributed by atoms with Crippen molar-refractivity contribution in [1.29, 1.82) is 0 Å². The van der Waals surface area contributed by atoms with Crippen molar-refractivity contribution >= 4 is 24.3 Å². The Labute approximate surface area is 225 Å². The van der Waals surface area contributed by atoms with E-state index in [9.17, 15) is 19.2 Å². The highest BCUT2D eigenvalue weighted by Crippen LogP contribution is 2.11. The number of carboxylic acid groups (broad SMARTS) is 2. The lowest BCUT2D eigenvalue weighted by molar-refractivity contribution is -0.139. The van der Waals surface area contributed by atoms with Gasteiger partial charge in [-0.05, 0) is 31.9 Å². The molecule has 0 unspecified atom stereocenters. The maximum atomic E-state index is 11.5. The van der Waals surface area contributed by atoms with Crippen LogP contribution in [0.4, 0.5) is 0 Å². The number of rotatable bonds is 23. The van der Waals surface area contributed by atoms with Gasteiger partial charge in [-0.1, -0.05) is 56.2 Å². The van der Waals surface area contributed by atoms with E-state index in [2.05, 4.69) is 10.6 Å². The van der Waals surface area contributed by atoms with Crippen molar-refractivity contribution in [1.82, 2.24) is 10.6 Å². The van der Waals surface area contributed by atoms with E-state index in [0.29, 0.717) is 45.1 Å². The number of nitrogens with one attached hydrogen (secondary N) is 2. The van der Waals surface area contributed by atoms with Gasteiger partial charge >= 0.3 is 11.9 Å². The van der Waals surface area contributed by atoms with E-state index in [1.165, 1.54) is 0 Å². The average Bonchev–Trinajstić information content (AvgIpc) is 2.88. The van der Waals surface area contributed by atoms with E-state index in [0.717, 1.165) is 56.9 Å². The zero-order chi connectivity index (χ0) is 28.3. The Hall–Kier alpha value is -3.18. The molecule has 38 heavy (non-hydrogen) atoms. The summed E-state index contributed by atoms with van der Waals surface area (Å²) in [5.74, 6) is -1.21. The predicted molar refractivity (Wildman–Crippen MR) is 142 cm³/mol. The Bertz CT molecular complexity index is 757. The molecule has 0 aromatic heterocycles. The van der Waals surface area contributed by atoms with Crippen LogP contribution in [-0.4, -0.2) is 80.6 Å². The van der Waals surface area contributed by atoms with Crippen molar-refractivity contribution in [3.8, 4) is 5.75 Å². The number of hydrogen-bond donors (Lipinski definition) is 4. The number of aryl methyl sites for hydroxylation is 1. The van der Waals surface area contributed by atoms with Gasteiger partial charge in [-0.2, -0.15) is 0 Å². The second-order valence-electron chi connectivity index (χ2n) is 8.55. The minimum absolute atomic E-state index is 0.0340. The molecular formula is C27H44N2O9. The Balaban J connectivity index is 0.000000942. The number of unbranched alkanes of at least 4 members (excludes halogenated alkanes) is 7. The molecule has 0 fully saturated rings. The zero-order valence-electron chi connectivity index (χ0n) is 22.5. The molecule has 1 rings (SSSR count). The largest absolute Gasteiger partial charge is 0.482 e. The number of hydrogen-bond acceptors (Lipinski definition) is 7. The molecule has 0 bridgehead atoms. The van der Waals surface area contributed by atoms with E-state index in [-0.39, 0.29) is 25.5 Å². The van der Waals surface area contributed by atoms with Crippen LogP contribution in [0.3, 0.4) is 0 Å². The zero-order valence-corrected chi connectivity index (χ0v) is 22.5. The number of carbonyl (C=O) groups is 4. The molecule has 0 aliphatic carbocycles. The van der Waals surface area contributed by atoms with Gasteiger partial charge in [0.2, 0.25) is 12.3 Å². The lowest BCUT2D eigenvalue weighted by Crippen LogP contribution is -2.29. The first-order chi connectivity index (χ1) is 18.3. The summed E-state index contributed by atoms with van der Waals surface area (Å²) < 4.78 is 15.3. The van der Waals surface area contributed by atoms with Crippen LogP contribution in [0.5, 0.6) is 5.75 Å². The molecule has 0 saturated carbocycles. The Kier molecular flexibility index (Phi) is 23.3. The highest BCUT2D eigenvalue weighted by Gasteiger charge is 2.01. The van der Waals surface area contributed by atoms with Crippen molar-refractivity contribution in [3.63, 3.8) is 0 Å². The third-order valence-electron chi connectivity index (χ3n) is 5.10. The van der Waals surface area contributed by atoms with Crippen LogP contribution >= 0.6 is 0 Å². The van der Waals surface area contributed by atoms with E-state index >= 15 is 0 Å². The number of carbonyl (C=O) groups excluding carboxylic acids is 2. The van der Waals surface area contributed by atoms with Gasteiger partial charge in [0.25, 0.3) is 0 Å². The topological polar surface area (TPSA) is 160 Å². The van der Waals surface area contributed by atoms with Gasteiger partial charge < -0.3 is 35.1 Å². The molecule has 11 nitrogen and oxygen atoms in total. The van der Waals surface area contributed by atoms with Crippen molar-refractivity contribution in [2.45, 2.75) is 64.7 Å². The summed E-state index contributed by atoms with van der Waals surface area (Å²) in [5.41, 5.74) is 1.12. The molecule has 0 atom stereocenters. The fourth-order valence-electron chi connectivity index (χ4n) is 3.10. The Morgan fingerprint density at radius 1 is 0.763 bits per heavy atom. The fourth-order valence-corrected chi connectivity index (χ4v) is 3.10. The van der Waals surface area contributed by atoms with Crippen LogP contribution in [-0.2, 0) is 28.7 Å². The van der Waals surface area contributed by atoms with Gasteiger partial charge in [0.15, 0.2) is 6.61 Å². The second kappa shape index (κ2) is 25.5. The molecule has 0 radical (unpaired) electrons. The maximum Gasteiger partial charge on any atom is 0.341 e. The molecular weight excluding hydrogens is 496 g/mol. The third-order valence-corrected chi connectivity index (χ3v) is 5.10. The lowest BCUT2D eigenvalue weighted by atomic mass is 10.1. The maximum absolute atomic E-state index is 11.5. The minimum atomic E-state index is -0.962. The number of aliphatic carboxylic acids is 2. The highest BCUT2D eigenvalue weighted by atomic mass is 16.5. The average molecular weight is 541 g/mol. The smallest absolute Gasteiger partial charge is 0.341 e. The molecule has 4 N–H and O–H groups in total. The molecule has 1 aromatic rings. The normalized spacial score (nSPS) is 10.1. The number of benzene rings is 1. The number of ether oxygens (including phenoxy) is 3. The monoisotopic (exact) mass is 540 g/mol. The Morgan fingerprint density at radius 2 is 1.37 bits per heavy atom. The predicted octanol–water partition coefficient (Wildman–Crippen LogP) is 2.94. The van der Waals surface area contributed by atoms with E-state index in [1.807, 2.05) is 19.1 Å². The first-order valence-electron chi connectivity index (χ1n) is 13.1.